The monoisotopic (exact) mass is 415 g/mol. The van der Waals surface area contributed by atoms with E-state index in [9.17, 15) is 4.79 Å². The molecule has 0 fully saturated rings. The summed E-state index contributed by atoms with van der Waals surface area (Å²) in [6.07, 6.45) is 0.906. The number of carbonyl (C=O) groups excluding carboxylic acids is 1. The predicted molar refractivity (Wildman–Crippen MR) is 112 cm³/mol. The maximum absolute atomic E-state index is 12.7. The molecule has 0 aliphatic carbocycles. The van der Waals surface area contributed by atoms with Crippen LogP contribution < -0.4 is 4.74 Å². The molecule has 3 rings (SSSR count). The van der Waals surface area contributed by atoms with Gasteiger partial charge in [-0.15, -0.1) is 10.2 Å². The van der Waals surface area contributed by atoms with Crippen LogP contribution in [0.15, 0.2) is 40.0 Å². The number of aromatic nitrogens is 3. The third kappa shape index (κ3) is 4.89. The van der Waals surface area contributed by atoms with Crippen molar-refractivity contribution in [3.05, 3.63) is 47.3 Å². The molecule has 0 atom stereocenters. The molecule has 0 aliphatic heterocycles. The zero-order chi connectivity index (χ0) is 20.8. The smallest absolute Gasteiger partial charge is 0.277 e. The first-order valence-corrected chi connectivity index (χ1v) is 10.3. The average molecular weight is 416 g/mol. The number of Topliss-reactive ketones (excluding diaryl/α,β-unsaturated/α-hetero) is 1. The number of methoxy groups -OCH3 is 2. The van der Waals surface area contributed by atoms with Crippen LogP contribution in [0.25, 0.3) is 11.5 Å². The lowest BCUT2D eigenvalue weighted by Crippen LogP contribution is -2.08. The van der Waals surface area contributed by atoms with Crippen LogP contribution in [0, 0.1) is 13.8 Å². The number of ketones is 1. The number of carbonyl (C=O) groups is 1. The number of benzene rings is 1. The van der Waals surface area contributed by atoms with Gasteiger partial charge in [-0.25, -0.2) is 0 Å². The van der Waals surface area contributed by atoms with Gasteiger partial charge in [0.05, 0.1) is 18.4 Å². The number of hydrogen-bond acceptors (Lipinski definition) is 7. The molecule has 29 heavy (non-hydrogen) atoms. The molecule has 0 radical (unpaired) electrons. The quantitative estimate of drug-likeness (QED) is 0.279. The van der Waals surface area contributed by atoms with Gasteiger partial charge in [0.2, 0.25) is 0 Å². The first-order valence-electron chi connectivity index (χ1n) is 9.33. The predicted octanol–water partition coefficient (Wildman–Crippen LogP) is 4.18. The van der Waals surface area contributed by atoms with Crippen molar-refractivity contribution in [1.82, 2.24) is 14.8 Å². The Morgan fingerprint density at radius 1 is 1.21 bits per heavy atom. The second kappa shape index (κ2) is 9.76. The van der Waals surface area contributed by atoms with Crippen molar-refractivity contribution in [2.24, 2.45) is 0 Å². The summed E-state index contributed by atoms with van der Waals surface area (Å²) in [6, 6.07) is 9.38. The lowest BCUT2D eigenvalue weighted by Gasteiger charge is -2.09. The molecule has 0 bridgehead atoms. The van der Waals surface area contributed by atoms with Crippen LogP contribution in [0.1, 0.15) is 28.2 Å². The highest BCUT2D eigenvalue weighted by molar-refractivity contribution is 7.99. The van der Waals surface area contributed by atoms with Gasteiger partial charge in [-0.1, -0.05) is 23.9 Å². The van der Waals surface area contributed by atoms with Gasteiger partial charge in [-0.2, -0.15) is 0 Å². The Morgan fingerprint density at radius 3 is 2.76 bits per heavy atom. The number of hydrogen-bond donors (Lipinski definition) is 0. The summed E-state index contributed by atoms with van der Waals surface area (Å²) >= 11 is 1.24. The van der Waals surface area contributed by atoms with Crippen LogP contribution in [-0.2, 0) is 11.3 Å². The molecule has 2 aromatic heterocycles. The van der Waals surface area contributed by atoms with Crippen molar-refractivity contribution in [2.45, 2.75) is 32.0 Å². The Balaban J connectivity index is 1.66. The highest BCUT2D eigenvalue weighted by Crippen LogP contribution is 2.30. The fourth-order valence-electron chi connectivity index (χ4n) is 3.20. The SMILES string of the molecule is COCCCn1c(C)cc(C(=O)CSc2nnc(-c3ccccc3OC)o2)c1C. The minimum Gasteiger partial charge on any atom is -0.496 e. The van der Waals surface area contributed by atoms with Crippen molar-refractivity contribution < 1.29 is 18.7 Å². The molecule has 0 unspecified atom stereocenters. The van der Waals surface area contributed by atoms with E-state index in [4.69, 9.17) is 13.9 Å². The molecule has 0 amide bonds. The Hall–Kier alpha value is -2.58. The van der Waals surface area contributed by atoms with Gasteiger partial charge in [-0.3, -0.25) is 4.79 Å². The van der Waals surface area contributed by atoms with E-state index in [2.05, 4.69) is 14.8 Å². The van der Waals surface area contributed by atoms with E-state index in [1.165, 1.54) is 11.8 Å². The third-order valence-electron chi connectivity index (χ3n) is 4.67. The summed E-state index contributed by atoms with van der Waals surface area (Å²) in [5.41, 5.74) is 3.50. The van der Waals surface area contributed by atoms with Gasteiger partial charge >= 0.3 is 0 Å². The number of para-hydroxylation sites is 1. The van der Waals surface area contributed by atoms with Crippen LogP contribution >= 0.6 is 11.8 Å². The maximum atomic E-state index is 12.7. The molecule has 0 saturated heterocycles. The molecule has 0 saturated carbocycles. The molecule has 0 spiro atoms. The second-order valence-electron chi connectivity index (χ2n) is 6.57. The van der Waals surface area contributed by atoms with Crippen LogP contribution in [0.4, 0.5) is 0 Å². The number of ether oxygens (including phenoxy) is 2. The number of rotatable bonds is 10. The minimum absolute atomic E-state index is 0.0399. The largest absolute Gasteiger partial charge is 0.496 e. The zero-order valence-electron chi connectivity index (χ0n) is 17.1. The van der Waals surface area contributed by atoms with E-state index < -0.39 is 0 Å². The van der Waals surface area contributed by atoms with Gasteiger partial charge in [0.1, 0.15) is 5.75 Å². The standard InChI is InChI=1S/C21H25N3O4S/c1-14-12-17(15(2)24(14)10-7-11-26-3)18(25)13-29-21-23-22-20(28-21)16-8-5-6-9-19(16)27-4/h5-6,8-9,12H,7,10-11,13H2,1-4H3. The summed E-state index contributed by atoms with van der Waals surface area (Å²) in [6.45, 7) is 5.52. The van der Waals surface area contributed by atoms with E-state index >= 15 is 0 Å². The molecule has 154 valence electrons. The van der Waals surface area contributed by atoms with E-state index in [0.717, 1.165) is 35.5 Å². The molecule has 2 heterocycles. The number of thioether (sulfide) groups is 1. The second-order valence-corrected chi connectivity index (χ2v) is 7.49. The minimum atomic E-state index is 0.0399. The van der Waals surface area contributed by atoms with Crippen LogP contribution in [0.2, 0.25) is 0 Å². The average Bonchev–Trinajstić information content (AvgIpc) is 3.32. The highest BCUT2D eigenvalue weighted by atomic mass is 32.2. The Kier molecular flexibility index (Phi) is 7.11. The topological polar surface area (TPSA) is 79.4 Å². The summed E-state index contributed by atoms with van der Waals surface area (Å²) in [4.78, 5) is 12.7. The summed E-state index contributed by atoms with van der Waals surface area (Å²) in [5.74, 6) is 1.30. The summed E-state index contributed by atoms with van der Waals surface area (Å²) in [5, 5.41) is 8.48. The van der Waals surface area contributed by atoms with Crippen LogP contribution in [-0.4, -0.2) is 47.1 Å². The Morgan fingerprint density at radius 2 is 2.00 bits per heavy atom. The van der Waals surface area contributed by atoms with E-state index in [1.807, 2.05) is 44.2 Å². The third-order valence-corrected chi connectivity index (χ3v) is 5.49. The van der Waals surface area contributed by atoms with Gasteiger partial charge < -0.3 is 18.5 Å². The molecule has 1 aromatic carbocycles. The molecule has 0 aliphatic rings. The molecule has 8 heteroatoms. The first kappa shape index (κ1) is 21.1. The number of aryl methyl sites for hydroxylation is 1. The zero-order valence-corrected chi connectivity index (χ0v) is 17.9. The van der Waals surface area contributed by atoms with Crippen molar-refractivity contribution in [2.75, 3.05) is 26.6 Å². The van der Waals surface area contributed by atoms with Crippen molar-refractivity contribution >= 4 is 17.5 Å². The summed E-state index contributed by atoms with van der Waals surface area (Å²) in [7, 11) is 3.29. The maximum Gasteiger partial charge on any atom is 0.277 e. The van der Waals surface area contributed by atoms with Gasteiger partial charge in [0, 0.05) is 37.2 Å². The van der Waals surface area contributed by atoms with Crippen LogP contribution in [0.3, 0.4) is 0 Å². The first-order chi connectivity index (χ1) is 14.0. The van der Waals surface area contributed by atoms with E-state index in [0.29, 0.717) is 23.5 Å². The fraction of sp³-hybridized carbons (Fsp3) is 0.381. The fourth-order valence-corrected chi connectivity index (χ4v) is 3.84. The van der Waals surface area contributed by atoms with Crippen molar-refractivity contribution in [3.63, 3.8) is 0 Å². The Labute approximate surface area is 174 Å². The molecular formula is C21H25N3O4S. The van der Waals surface area contributed by atoms with Crippen molar-refractivity contribution in [1.29, 1.82) is 0 Å². The Bertz CT molecular complexity index is 980. The van der Waals surface area contributed by atoms with Crippen molar-refractivity contribution in [3.8, 4) is 17.2 Å². The van der Waals surface area contributed by atoms with E-state index in [1.54, 1.807) is 14.2 Å². The molecule has 7 nitrogen and oxygen atoms in total. The molecule has 3 aromatic rings. The normalized spacial score (nSPS) is 11.0. The highest BCUT2D eigenvalue weighted by Gasteiger charge is 2.18. The lowest BCUT2D eigenvalue weighted by atomic mass is 10.2. The lowest BCUT2D eigenvalue weighted by molar-refractivity contribution is 0.102. The van der Waals surface area contributed by atoms with Gasteiger partial charge in [0.25, 0.3) is 11.1 Å². The van der Waals surface area contributed by atoms with Gasteiger partial charge in [-0.05, 0) is 38.5 Å². The summed E-state index contributed by atoms with van der Waals surface area (Å²) < 4.78 is 18.3. The molecule has 0 N–H and O–H groups in total. The number of nitrogens with zero attached hydrogens (tertiary/aromatic N) is 3. The van der Waals surface area contributed by atoms with E-state index in [-0.39, 0.29) is 11.5 Å². The molecular weight excluding hydrogens is 390 g/mol. The van der Waals surface area contributed by atoms with Crippen LogP contribution in [0.5, 0.6) is 5.75 Å². The van der Waals surface area contributed by atoms with Gasteiger partial charge in [0.15, 0.2) is 5.78 Å².